The Morgan fingerprint density at radius 1 is 1.19 bits per heavy atom. The lowest BCUT2D eigenvalue weighted by molar-refractivity contribution is 0.274. The van der Waals surface area contributed by atoms with Crippen LogP contribution in [0.15, 0.2) is 0 Å². The Kier molecular flexibility index (Phi) is 7.06. The lowest BCUT2D eigenvalue weighted by Gasteiger charge is -2.22. The molecule has 1 saturated heterocycles. The number of nitrogens with zero attached hydrogens (tertiary/aromatic N) is 1. The molecule has 1 unspecified atom stereocenters. The molecule has 2 nitrogen and oxygen atoms in total. The molecule has 1 aliphatic rings. The van der Waals surface area contributed by atoms with Gasteiger partial charge >= 0.3 is 0 Å². The minimum atomic E-state index is 0.728. The van der Waals surface area contributed by atoms with E-state index < -0.39 is 0 Å². The fourth-order valence-electron chi connectivity index (χ4n) is 2.55. The molecule has 0 amide bonds. The molecule has 0 aliphatic carbocycles. The highest BCUT2D eigenvalue weighted by Gasteiger charge is 2.13. The summed E-state index contributed by atoms with van der Waals surface area (Å²) in [5, 5.41) is 3.66. The number of hydrogen-bond acceptors (Lipinski definition) is 2. The maximum absolute atomic E-state index is 3.66. The third-order valence-corrected chi connectivity index (χ3v) is 3.96. The molecule has 0 aromatic rings. The second kappa shape index (κ2) is 8.08. The SMILES string of the molecule is CCC(CC)NCCN1CCCC(C)CC1. The summed E-state index contributed by atoms with van der Waals surface area (Å²) >= 11 is 0. The van der Waals surface area contributed by atoms with Gasteiger partial charge in [0, 0.05) is 19.1 Å². The van der Waals surface area contributed by atoms with Crippen LogP contribution in [0.3, 0.4) is 0 Å². The standard InChI is InChI=1S/C14H30N2/c1-4-14(5-2)15-9-12-16-10-6-7-13(3)8-11-16/h13-15H,4-12H2,1-3H3. The second-order valence-electron chi connectivity index (χ2n) is 5.35. The highest BCUT2D eigenvalue weighted by atomic mass is 15.1. The zero-order valence-corrected chi connectivity index (χ0v) is 11.5. The van der Waals surface area contributed by atoms with E-state index in [0.29, 0.717) is 0 Å². The van der Waals surface area contributed by atoms with Crippen LogP contribution in [-0.4, -0.2) is 37.1 Å². The van der Waals surface area contributed by atoms with Crippen molar-refractivity contribution < 1.29 is 0 Å². The molecule has 16 heavy (non-hydrogen) atoms. The third kappa shape index (κ3) is 5.31. The quantitative estimate of drug-likeness (QED) is 0.749. The summed E-state index contributed by atoms with van der Waals surface area (Å²) in [5.74, 6) is 0.942. The first kappa shape index (κ1) is 14.0. The lowest BCUT2D eigenvalue weighted by Crippen LogP contribution is -2.37. The molecule has 96 valence electrons. The monoisotopic (exact) mass is 226 g/mol. The summed E-state index contributed by atoms with van der Waals surface area (Å²) < 4.78 is 0. The van der Waals surface area contributed by atoms with Crippen LogP contribution in [0.1, 0.15) is 52.9 Å². The van der Waals surface area contributed by atoms with Gasteiger partial charge in [0.1, 0.15) is 0 Å². The molecule has 0 aromatic heterocycles. The van der Waals surface area contributed by atoms with E-state index in [1.165, 1.54) is 58.3 Å². The van der Waals surface area contributed by atoms with Crippen molar-refractivity contribution in [3.8, 4) is 0 Å². The summed E-state index contributed by atoms with van der Waals surface area (Å²) in [4.78, 5) is 2.64. The van der Waals surface area contributed by atoms with E-state index in [4.69, 9.17) is 0 Å². The van der Waals surface area contributed by atoms with Gasteiger partial charge in [0.2, 0.25) is 0 Å². The van der Waals surface area contributed by atoms with E-state index in [2.05, 4.69) is 31.0 Å². The minimum absolute atomic E-state index is 0.728. The van der Waals surface area contributed by atoms with Crippen molar-refractivity contribution >= 4 is 0 Å². The smallest absolute Gasteiger partial charge is 0.0107 e. The number of nitrogens with one attached hydrogen (secondary N) is 1. The van der Waals surface area contributed by atoms with Crippen LogP contribution < -0.4 is 5.32 Å². The Morgan fingerprint density at radius 2 is 1.94 bits per heavy atom. The third-order valence-electron chi connectivity index (χ3n) is 3.96. The van der Waals surface area contributed by atoms with Crippen molar-refractivity contribution in [2.75, 3.05) is 26.2 Å². The van der Waals surface area contributed by atoms with Crippen molar-refractivity contribution in [2.45, 2.75) is 58.9 Å². The van der Waals surface area contributed by atoms with Crippen molar-refractivity contribution in [2.24, 2.45) is 5.92 Å². The predicted molar refractivity (Wildman–Crippen MR) is 71.8 cm³/mol. The molecule has 0 aromatic carbocycles. The van der Waals surface area contributed by atoms with Gasteiger partial charge in [0.25, 0.3) is 0 Å². The first-order valence-corrected chi connectivity index (χ1v) is 7.22. The van der Waals surface area contributed by atoms with Gasteiger partial charge in [-0.25, -0.2) is 0 Å². The van der Waals surface area contributed by atoms with Gasteiger partial charge < -0.3 is 10.2 Å². The average Bonchev–Trinajstić information content (AvgIpc) is 2.50. The fourth-order valence-corrected chi connectivity index (χ4v) is 2.55. The highest BCUT2D eigenvalue weighted by Crippen LogP contribution is 2.15. The number of hydrogen-bond donors (Lipinski definition) is 1. The molecule has 0 radical (unpaired) electrons. The topological polar surface area (TPSA) is 15.3 Å². The first-order valence-electron chi connectivity index (χ1n) is 7.22. The van der Waals surface area contributed by atoms with Crippen LogP contribution in [-0.2, 0) is 0 Å². The van der Waals surface area contributed by atoms with Crippen LogP contribution in [0.2, 0.25) is 0 Å². The maximum atomic E-state index is 3.66. The van der Waals surface area contributed by atoms with Gasteiger partial charge in [-0.1, -0.05) is 20.8 Å². The Hall–Kier alpha value is -0.0800. The molecular formula is C14H30N2. The Labute approximate surface area is 102 Å². The largest absolute Gasteiger partial charge is 0.313 e. The van der Waals surface area contributed by atoms with Crippen molar-refractivity contribution in [3.05, 3.63) is 0 Å². The first-order chi connectivity index (χ1) is 7.76. The van der Waals surface area contributed by atoms with E-state index >= 15 is 0 Å². The molecule has 1 heterocycles. The Morgan fingerprint density at radius 3 is 2.62 bits per heavy atom. The molecule has 1 aliphatic heterocycles. The summed E-state index contributed by atoms with van der Waals surface area (Å²) in [6.07, 6.45) is 6.73. The zero-order chi connectivity index (χ0) is 11.8. The molecule has 0 bridgehead atoms. The van der Waals surface area contributed by atoms with Gasteiger partial charge in [-0.05, 0) is 51.1 Å². The van der Waals surface area contributed by atoms with Gasteiger partial charge in [-0.15, -0.1) is 0 Å². The second-order valence-corrected chi connectivity index (χ2v) is 5.35. The summed E-state index contributed by atoms with van der Waals surface area (Å²) in [6, 6.07) is 0.728. The van der Waals surface area contributed by atoms with Crippen molar-refractivity contribution in [1.29, 1.82) is 0 Å². The van der Waals surface area contributed by atoms with Crippen LogP contribution in [0.5, 0.6) is 0 Å². The summed E-state index contributed by atoms with van der Waals surface area (Å²) in [7, 11) is 0. The van der Waals surface area contributed by atoms with Crippen LogP contribution in [0.4, 0.5) is 0 Å². The van der Waals surface area contributed by atoms with Crippen molar-refractivity contribution in [3.63, 3.8) is 0 Å². The molecule has 2 heteroatoms. The zero-order valence-electron chi connectivity index (χ0n) is 11.5. The van der Waals surface area contributed by atoms with Crippen LogP contribution in [0.25, 0.3) is 0 Å². The van der Waals surface area contributed by atoms with E-state index in [9.17, 15) is 0 Å². The van der Waals surface area contributed by atoms with Crippen molar-refractivity contribution in [1.82, 2.24) is 10.2 Å². The minimum Gasteiger partial charge on any atom is -0.313 e. The molecule has 0 saturated carbocycles. The normalized spacial score (nSPS) is 23.6. The summed E-state index contributed by atoms with van der Waals surface area (Å²) in [5.41, 5.74) is 0. The molecule has 1 rings (SSSR count). The highest BCUT2D eigenvalue weighted by molar-refractivity contribution is 4.69. The van der Waals surface area contributed by atoms with Gasteiger partial charge in [0.15, 0.2) is 0 Å². The van der Waals surface area contributed by atoms with E-state index in [1.54, 1.807) is 0 Å². The van der Waals surface area contributed by atoms with E-state index in [-0.39, 0.29) is 0 Å². The Bertz CT molecular complexity index is 166. The van der Waals surface area contributed by atoms with Gasteiger partial charge in [-0.2, -0.15) is 0 Å². The molecule has 0 spiro atoms. The van der Waals surface area contributed by atoms with Crippen LogP contribution >= 0.6 is 0 Å². The predicted octanol–water partition coefficient (Wildman–Crippen LogP) is 2.89. The molecule has 1 fully saturated rings. The van der Waals surface area contributed by atoms with Crippen LogP contribution in [0, 0.1) is 5.92 Å². The van der Waals surface area contributed by atoms with E-state index in [0.717, 1.165) is 12.0 Å². The lowest BCUT2D eigenvalue weighted by atomic mass is 10.0. The number of likely N-dealkylation sites (tertiary alicyclic amines) is 1. The molecular weight excluding hydrogens is 196 g/mol. The van der Waals surface area contributed by atoms with E-state index in [1.807, 2.05) is 0 Å². The molecule has 1 N–H and O–H groups in total. The fraction of sp³-hybridized carbons (Fsp3) is 1.00. The van der Waals surface area contributed by atoms with Gasteiger partial charge in [0.05, 0.1) is 0 Å². The maximum Gasteiger partial charge on any atom is 0.0107 e. The number of rotatable bonds is 6. The van der Waals surface area contributed by atoms with Gasteiger partial charge in [-0.3, -0.25) is 0 Å². The summed E-state index contributed by atoms with van der Waals surface area (Å²) in [6.45, 7) is 12.0. The Balaban J connectivity index is 2.12. The molecule has 1 atom stereocenters. The average molecular weight is 226 g/mol.